The van der Waals surface area contributed by atoms with Gasteiger partial charge in [-0.25, -0.2) is 12.8 Å². The van der Waals surface area contributed by atoms with Gasteiger partial charge in [0.25, 0.3) is 0 Å². The first kappa shape index (κ1) is 15.9. The van der Waals surface area contributed by atoms with Crippen molar-refractivity contribution in [1.82, 2.24) is 0 Å². The first-order chi connectivity index (χ1) is 8.64. The van der Waals surface area contributed by atoms with Crippen LogP contribution in [0.4, 0.5) is 10.1 Å². The largest absolute Gasteiger partial charge is 0.326 e. The fourth-order valence-electron chi connectivity index (χ4n) is 1.52. The zero-order valence-corrected chi connectivity index (χ0v) is 12.3. The zero-order chi connectivity index (χ0) is 14.7. The molecule has 0 unspecified atom stereocenters. The monoisotopic (exact) mass is 288 g/mol. The Morgan fingerprint density at radius 3 is 2.47 bits per heavy atom. The van der Waals surface area contributed by atoms with Crippen LogP contribution in [-0.4, -0.2) is 14.2 Å². The van der Waals surface area contributed by atoms with E-state index in [1.54, 1.807) is 0 Å². The molecule has 0 aliphatic carbocycles. The van der Waals surface area contributed by atoms with Crippen LogP contribution in [0, 0.1) is 11.2 Å². The van der Waals surface area contributed by atoms with Gasteiger partial charge in [0, 0.05) is 12.1 Å². The molecule has 1 rings (SSSR count). The topological polar surface area (TPSA) is 72.2 Å². The van der Waals surface area contributed by atoms with Crippen LogP contribution in [0.15, 0.2) is 18.2 Å². The third-order valence-electron chi connectivity index (χ3n) is 2.71. The molecule has 108 valence electrons. The van der Waals surface area contributed by atoms with Crippen molar-refractivity contribution in [3.8, 4) is 0 Å². The SMILES string of the molecule is CC(C)(C)CCS(=O)(=O)Nc1cccc(F)c1CN. The van der Waals surface area contributed by atoms with Crippen molar-refractivity contribution < 1.29 is 12.8 Å². The van der Waals surface area contributed by atoms with Gasteiger partial charge in [-0.2, -0.15) is 0 Å². The summed E-state index contributed by atoms with van der Waals surface area (Å²) < 4.78 is 39.8. The molecule has 0 aromatic heterocycles. The Hall–Kier alpha value is -1.14. The number of rotatable bonds is 5. The Balaban J connectivity index is 2.87. The summed E-state index contributed by atoms with van der Waals surface area (Å²) in [5.74, 6) is -0.504. The number of hydrogen-bond acceptors (Lipinski definition) is 3. The summed E-state index contributed by atoms with van der Waals surface area (Å²) in [6, 6.07) is 4.23. The molecular weight excluding hydrogens is 267 g/mol. The second kappa shape index (κ2) is 5.88. The van der Waals surface area contributed by atoms with Gasteiger partial charge in [-0.1, -0.05) is 26.8 Å². The van der Waals surface area contributed by atoms with Crippen molar-refractivity contribution in [3.05, 3.63) is 29.6 Å². The van der Waals surface area contributed by atoms with Gasteiger partial charge < -0.3 is 5.73 Å². The molecule has 1 aromatic carbocycles. The van der Waals surface area contributed by atoms with Crippen molar-refractivity contribution >= 4 is 15.7 Å². The number of sulfonamides is 1. The summed E-state index contributed by atoms with van der Waals surface area (Å²) >= 11 is 0. The van der Waals surface area contributed by atoms with Gasteiger partial charge in [-0.3, -0.25) is 4.72 Å². The van der Waals surface area contributed by atoms with Gasteiger partial charge in [-0.05, 0) is 24.0 Å². The summed E-state index contributed by atoms with van der Waals surface area (Å²) in [4.78, 5) is 0. The van der Waals surface area contributed by atoms with Crippen LogP contribution in [0.2, 0.25) is 0 Å². The molecule has 0 heterocycles. The van der Waals surface area contributed by atoms with Crippen LogP contribution >= 0.6 is 0 Å². The molecule has 0 saturated carbocycles. The average Bonchev–Trinajstić information content (AvgIpc) is 2.26. The molecule has 0 atom stereocenters. The summed E-state index contributed by atoms with van der Waals surface area (Å²) in [6.07, 6.45) is 0.523. The van der Waals surface area contributed by atoms with Gasteiger partial charge in [0.05, 0.1) is 11.4 Å². The number of anilines is 1. The van der Waals surface area contributed by atoms with Crippen LogP contribution in [0.25, 0.3) is 0 Å². The molecule has 0 fully saturated rings. The molecular formula is C13H21FN2O2S. The predicted molar refractivity (Wildman–Crippen MR) is 75.8 cm³/mol. The van der Waals surface area contributed by atoms with E-state index in [9.17, 15) is 12.8 Å². The number of halogens is 1. The lowest BCUT2D eigenvalue weighted by Gasteiger charge is -2.18. The lowest BCUT2D eigenvalue weighted by Crippen LogP contribution is -2.22. The van der Waals surface area contributed by atoms with E-state index >= 15 is 0 Å². The molecule has 6 heteroatoms. The van der Waals surface area contributed by atoms with Crippen molar-refractivity contribution in [3.63, 3.8) is 0 Å². The first-order valence-corrected chi connectivity index (χ1v) is 7.78. The molecule has 4 nitrogen and oxygen atoms in total. The highest BCUT2D eigenvalue weighted by Gasteiger charge is 2.19. The Bertz CT molecular complexity index is 536. The third-order valence-corrected chi connectivity index (χ3v) is 3.98. The Morgan fingerprint density at radius 2 is 1.95 bits per heavy atom. The fraction of sp³-hybridized carbons (Fsp3) is 0.538. The normalized spacial score (nSPS) is 12.5. The molecule has 0 aliphatic rings. The maximum atomic E-state index is 13.5. The average molecular weight is 288 g/mol. The predicted octanol–water partition coefficient (Wildman–Crippen LogP) is 2.46. The number of nitrogens with one attached hydrogen (secondary N) is 1. The van der Waals surface area contributed by atoms with E-state index in [4.69, 9.17) is 5.73 Å². The van der Waals surface area contributed by atoms with Crippen LogP contribution in [0.5, 0.6) is 0 Å². The summed E-state index contributed by atoms with van der Waals surface area (Å²) in [5.41, 5.74) is 5.76. The van der Waals surface area contributed by atoms with Crippen molar-refractivity contribution in [2.45, 2.75) is 33.7 Å². The van der Waals surface area contributed by atoms with Crippen molar-refractivity contribution in [1.29, 1.82) is 0 Å². The highest BCUT2D eigenvalue weighted by molar-refractivity contribution is 7.92. The van der Waals surface area contributed by atoms with E-state index in [-0.39, 0.29) is 29.0 Å². The minimum Gasteiger partial charge on any atom is -0.326 e. The van der Waals surface area contributed by atoms with Gasteiger partial charge in [0.1, 0.15) is 5.82 Å². The van der Waals surface area contributed by atoms with Gasteiger partial charge in [0.15, 0.2) is 0 Å². The molecule has 0 amide bonds. The summed E-state index contributed by atoms with van der Waals surface area (Å²) in [7, 11) is -3.49. The first-order valence-electron chi connectivity index (χ1n) is 6.12. The van der Waals surface area contributed by atoms with Gasteiger partial charge >= 0.3 is 0 Å². The second-order valence-electron chi connectivity index (χ2n) is 5.70. The van der Waals surface area contributed by atoms with Gasteiger partial charge in [0.2, 0.25) is 10.0 Å². The van der Waals surface area contributed by atoms with E-state index in [1.807, 2.05) is 20.8 Å². The summed E-state index contributed by atoms with van der Waals surface area (Å²) in [6.45, 7) is 5.85. The Kier molecular flexibility index (Phi) is 4.92. The minimum absolute atomic E-state index is 0.00295. The molecule has 0 spiro atoms. The molecule has 3 N–H and O–H groups in total. The lowest BCUT2D eigenvalue weighted by atomic mass is 9.94. The molecule has 0 bridgehead atoms. The van der Waals surface area contributed by atoms with Crippen LogP contribution < -0.4 is 10.5 Å². The third kappa shape index (κ3) is 5.16. The fourth-order valence-corrected chi connectivity index (χ4v) is 3.03. The number of benzene rings is 1. The summed E-state index contributed by atoms with van der Waals surface area (Å²) in [5, 5.41) is 0. The molecule has 19 heavy (non-hydrogen) atoms. The molecule has 1 aromatic rings. The minimum atomic E-state index is -3.49. The van der Waals surface area contributed by atoms with Crippen molar-refractivity contribution in [2.75, 3.05) is 10.5 Å². The molecule has 0 radical (unpaired) electrons. The standard InChI is InChI=1S/C13H21FN2O2S/c1-13(2,3)7-8-19(17,18)16-12-6-4-5-11(14)10(12)9-15/h4-6,16H,7-9,15H2,1-3H3. The lowest BCUT2D eigenvalue weighted by molar-refractivity contribution is 0.397. The van der Waals surface area contributed by atoms with Crippen LogP contribution in [0.3, 0.4) is 0 Å². The van der Waals surface area contributed by atoms with Gasteiger partial charge in [-0.15, -0.1) is 0 Å². The Morgan fingerprint density at radius 1 is 1.32 bits per heavy atom. The zero-order valence-electron chi connectivity index (χ0n) is 11.5. The number of hydrogen-bond donors (Lipinski definition) is 2. The van der Waals surface area contributed by atoms with E-state index in [2.05, 4.69) is 4.72 Å². The smallest absolute Gasteiger partial charge is 0.232 e. The highest BCUT2D eigenvalue weighted by atomic mass is 32.2. The Labute approximate surface area is 114 Å². The number of nitrogens with two attached hydrogens (primary N) is 1. The van der Waals surface area contributed by atoms with E-state index < -0.39 is 15.8 Å². The second-order valence-corrected chi connectivity index (χ2v) is 7.54. The highest BCUT2D eigenvalue weighted by Crippen LogP contribution is 2.22. The maximum absolute atomic E-state index is 13.5. The van der Waals surface area contributed by atoms with Crippen LogP contribution in [-0.2, 0) is 16.6 Å². The van der Waals surface area contributed by atoms with Crippen molar-refractivity contribution in [2.24, 2.45) is 11.1 Å². The van der Waals surface area contributed by atoms with Crippen LogP contribution in [0.1, 0.15) is 32.8 Å². The molecule has 0 saturated heterocycles. The quantitative estimate of drug-likeness (QED) is 0.874. The van der Waals surface area contributed by atoms with E-state index in [0.717, 1.165) is 0 Å². The van der Waals surface area contributed by atoms with E-state index in [1.165, 1.54) is 18.2 Å². The molecule has 0 aliphatic heterocycles. The maximum Gasteiger partial charge on any atom is 0.232 e. The van der Waals surface area contributed by atoms with E-state index in [0.29, 0.717) is 6.42 Å².